The molecule has 1 aromatic carbocycles. The number of anilines is 1. The van der Waals surface area contributed by atoms with E-state index in [1.165, 1.54) is 18.2 Å². The van der Waals surface area contributed by atoms with Gasteiger partial charge in [-0.1, -0.05) is 0 Å². The fraction of sp³-hybridized carbons (Fsp3) is 0. The monoisotopic (exact) mass is 176 g/mol. The number of nitriles is 1. The highest BCUT2D eigenvalue weighted by molar-refractivity contribution is 5.99. The van der Waals surface area contributed by atoms with E-state index in [1.54, 1.807) is 0 Å². The number of carbonyl (C=O) groups excluding carboxylic acids is 1. The lowest BCUT2D eigenvalue weighted by Gasteiger charge is -2.03. The molecule has 5 N–H and O–H groups in total. The number of hydrogen-bond donors (Lipinski definition) is 3. The van der Waals surface area contributed by atoms with Crippen molar-refractivity contribution in [3.63, 3.8) is 0 Å². The Bertz CT molecular complexity index is 380. The zero-order chi connectivity index (χ0) is 9.84. The third-order valence-electron chi connectivity index (χ3n) is 1.56. The van der Waals surface area contributed by atoms with Gasteiger partial charge in [-0.15, -0.1) is 0 Å². The first kappa shape index (κ1) is 9.03. The second kappa shape index (κ2) is 3.56. The first-order valence-electron chi connectivity index (χ1n) is 3.49. The molecule has 0 atom stereocenters. The number of hydrazine groups is 1. The number of nitrogens with one attached hydrogen (secondary N) is 1. The normalized spacial score (nSPS) is 8.92. The fourth-order valence-corrected chi connectivity index (χ4v) is 0.900. The van der Waals surface area contributed by atoms with Crippen LogP contribution in [0.3, 0.4) is 0 Å². The summed E-state index contributed by atoms with van der Waals surface area (Å²) in [7, 11) is 0. The number of rotatable bonds is 1. The average molecular weight is 176 g/mol. The first-order chi connectivity index (χ1) is 6.19. The highest BCUT2D eigenvalue weighted by atomic mass is 16.2. The molecule has 0 aliphatic rings. The maximum Gasteiger partial charge on any atom is 0.267 e. The van der Waals surface area contributed by atoms with Crippen molar-refractivity contribution in [3.05, 3.63) is 29.3 Å². The van der Waals surface area contributed by atoms with E-state index in [0.717, 1.165) is 0 Å². The molecule has 0 saturated heterocycles. The van der Waals surface area contributed by atoms with Crippen molar-refractivity contribution in [2.45, 2.75) is 0 Å². The minimum atomic E-state index is -0.505. The van der Waals surface area contributed by atoms with Gasteiger partial charge in [0.2, 0.25) is 0 Å². The smallest absolute Gasteiger partial charge is 0.267 e. The van der Waals surface area contributed by atoms with Crippen molar-refractivity contribution in [1.82, 2.24) is 5.43 Å². The van der Waals surface area contributed by atoms with Crippen LogP contribution in [-0.2, 0) is 0 Å². The lowest BCUT2D eigenvalue weighted by atomic mass is 10.1. The first-order valence-corrected chi connectivity index (χ1v) is 3.49. The van der Waals surface area contributed by atoms with Crippen LogP contribution < -0.4 is 17.0 Å². The summed E-state index contributed by atoms with van der Waals surface area (Å²) in [5, 5.41) is 8.55. The van der Waals surface area contributed by atoms with Crippen LogP contribution >= 0.6 is 0 Å². The van der Waals surface area contributed by atoms with Crippen LogP contribution in [0.1, 0.15) is 15.9 Å². The topological polar surface area (TPSA) is 105 Å². The summed E-state index contributed by atoms with van der Waals surface area (Å²) in [5.74, 6) is 4.42. The fourth-order valence-electron chi connectivity index (χ4n) is 0.900. The molecule has 0 aliphatic carbocycles. The number of amides is 1. The maximum atomic E-state index is 11.1. The van der Waals surface area contributed by atoms with Gasteiger partial charge in [-0.05, 0) is 18.2 Å². The highest BCUT2D eigenvalue weighted by Gasteiger charge is 2.08. The molecule has 0 fully saturated rings. The van der Waals surface area contributed by atoms with Crippen molar-refractivity contribution in [2.24, 2.45) is 5.84 Å². The van der Waals surface area contributed by atoms with Crippen LogP contribution in [0.2, 0.25) is 0 Å². The Morgan fingerprint density at radius 3 is 2.77 bits per heavy atom. The largest absolute Gasteiger partial charge is 0.398 e. The third-order valence-corrected chi connectivity index (χ3v) is 1.56. The number of nitrogens with two attached hydrogens (primary N) is 2. The number of hydrogen-bond acceptors (Lipinski definition) is 4. The Balaban J connectivity index is 3.20. The van der Waals surface area contributed by atoms with E-state index < -0.39 is 5.91 Å². The molecular formula is C8H8N4O. The number of nitrogen functional groups attached to an aromatic ring is 2. The second-order valence-corrected chi connectivity index (χ2v) is 2.39. The average Bonchev–Trinajstić information content (AvgIpc) is 2.17. The van der Waals surface area contributed by atoms with Crippen molar-refractivity contribution < 1.29 is 4.79 Å². The zero-order valence-corrected chi connectivity index (χ0v) is 6.74. The van der Waals surface area contributed by atoms with Gasteiger partial charge in [0, 0.05) is 5.69 Å². The van der Waals surface area contributed by atoms with E-state index in [9.17, 15) is 4.79 Å². The molecule has 13 heavy (non-hydrogen) atoms. The van der Waals surface area contributed by atoms with Gasteiger partial charge in [0.15, 0.2) is 0 Å². The van der Waals surface area contributed by atoms with E-state index in [1.807, 2.05) is 11.5 Å². The van der Waals surface area contributed by atoms with E-state index in [0.29, 0.717) is 11.3 Å². The Hall–Kier alpha value is -2.06. The molecule has 0 bridgehead atoms. The zero-order valence-electron chi connectivity index (χ0n) is 6.74. The molecule has 1 rings (SSSR count). The molecule has 1 amide bonds. The molecule has 1 aromatic rings. The molecule has 0 radical (unpaired) electrons. The van der Waals surface area contributed by atoms with E-state index in [-0.39, 0.29) is 5.56 Å². The summed E-state index contributed by atoms with van der Waals surface area (Å²) < 4.78 is 0. The van der Waals surface area contributed by atoms with Gasteiger partial charge in [0.1, 0.15) is 0 Å². The van der Waals surface area contributed by atoms with Crippen molar-refractivity contribution in [1.29, 1.82) is 5.26 Å². The van der Waals surface area contributed by atoms with Crippen LogP contribution in [0.15, 0.2) is 18.2 Å². The lowest BCUT2D eigenvalue weighted by molar-refractivity contribution is 0.0954. The highest BCUT2D eigenvalue weighted by Crippen LogP contribution is 2.12. The summed E-state index contributed by atoms with van der Waals surface area (Å²) in [5.41, 5.74) is 8.31. The third kappa shape index (κ3) is 1.75. The predicted molar refractivity (Wildman–Crippen MR) is 47.2 cm³/mol. The summed E-state index contributed by atoms with van der Waals surface area (Å²) in [6.45, 7) is 0. The standard InChI is InChI=1S/C8H8N4O/c9-4-5-1-2-7(10)6(3-5)8(13)12-11/h1-3H,10-11H2,(H,12,13). The molecule has 0 spiro atoms. The minimum absolute atomic E-state index is 0.210. The van der Waals surface area contributed by atoms with E-state index >= 15 is 0 Å². The van der Waals surface area contributed by atoms with Gasteiger partial charge in [-0.3, -0.25) is 10.2 Å². The number of benzene rings is 1. The van der Waals surface area contributed by atoms with Crippen LogP contribution in [0, 0.1) is 11.3 Å². The second-order valence-electron chi connectivity index (χ2n) is 2.39. The molecule has 66 valence electrons. The molecular weight excluding hydrogens is 168 g/mol. The number of carbonyl (C=O) groups is 1. The van der Waals surface area contributed by atoms with Crippen LogP contribution in [-0.4, -0.2) is 5.91 Å². The van der Waals surface area contributed by atoms with Gasteiger partial charge >= 0.3 is 0 Å². The minimum Gasteiger partial charge on any atom is -0.398 e. The Labute approximate surface area is 74.9 Å². The lowest BCUT2D eigenvalue weighted by Crippen LogP contribution is -2.30. The van der Waals surface area contributed by atoms with Gasteiger partial charge in [0.05, 0.1) is 17.2 Å². The molecule has 0 saturated carbocycles. The van der Waals surface area contributed by atoms with Crippen molar-refractivity contribution in [2.75, 3.05) is 5.73 Å². The predicted octanol–water partition coefficient (Wildman–Crippen LogP) is -0.256. The van der Waals surface area contributed by atoms with Crippen LogP contribution in [0.5, 0.6) is 0 Å². The summed E-state index contributed by atoms with van der Waals surface area (Å²) in [4.78, 5) is 11.1. The van der Waals surface area contributed by atoms with Gasteiger partial charge < -0.3 is 5.73 Å². The number of nitrogens with zero attached hydrogens (tertiary/aromatic N) is 1. The van der Waals surface area contributed by atoms with Gasteiger partial charge in [-0.25, -0.2) is 5.84 Å². The molecule has 0 aromatic heterocycles. The molecule has 0 aliphatic heterocycles. The summed E-state index contributed by atoms with van der Waals surface area (Å²) in [6, 6.07) is 6.30. The molecule has 5 heteroatoms. The van der Waals surface area contributed by atoms with Gasteiger partial charge in [-0.2, -0.15) is 5.26 Å². The van der Waals surface area contributed by atoms with Crippen molar-refractivity contribution in [3.8, 4) is 6.07 Å². The summed E-state index contributed by atoms with van der Waals surface area (Å²) >= 11 is 0. The quantitative estimate of drug-likeness (QED) is 0.237. The maximum absolute atomic E-state index is 11.1. The van der Waals surface area contributed by atoms with E-state index in [4.69, 9.17) is 16.8 Å². The molecule has 5 nitrogen and oxygen atoms in total. The summed E-state index contributed by atoms with van der Waals surface area (Å²) in [6.07, 6.45) is 0. The van der Waals surface area contributed by atoms with E-state index in [2.05, 4.69) is 0 Å². The molecule has 0 unspecified atom stereocenters. The SMILES string of the molecule is N#Cc1ccc(N)c(C(=O)NN)c1. The molecule has 0 heterocycles. The Kier molecular flexibility index (Phi) is 2.47. The Morgan fingerprint density at radius 1 is 1.54 bits per heavy atom. The van der Waals surface area contributed by atoms with Crippen LogP contribution in [0.25, 0.3) is 0 Å². The van der Waals surface area contributed by atoms with Crippen molar-refractivity contribution >= 4 is 11.6 Å². The Morgan fingerprint density at radius 2 is 2.23 bits per heavy atom. The van der Waals surface area contributed by atoms with Gasteiger partial charge in [0.25, 0.3) is 5.91 Å². The van der Waals surface area contributed by atoms with Crippen LogP contribution in [0.4, 0.5) is 5.69 Å².